The summed E-state index contributed by atoms with van der Waals surface area (Å²) >= 11 is 0. The highest BCUT2D eigenvalue weighted by atomic mass is 16.5. The third-order valence-electron chi connectivity index (χ3n) is 10.3. The Kier molecular flexibility index (Phi) is 7.56. The average molecular weight is 551 g/mol. The number of allylic oxidation sites excluding steroid dienone is 4. The number of pyridine rings is 1. The van der Waals surface area contributed by atoms with E-state index in [1.165, 1.54) is 0 Å². The van der Waals surface area contributed by atoms with E-state index in [0.717, 1.165) is 24.0 Å². The predicted octanol–water partition coefficient (Wildman–Crippen LogP) is 2.60. The first-order chi connectivity index (χ1) is 19.0. The highest BCUT2D eigenvalue weighted by Crippen LogP contribution is 2.67. The number of ketones is 2. The van der Waals surface area contributed by atoms with Gasteiger partial charge in [-0.15, -0.1) is 0 Å². The lowest BCUT2D eigenvalue weighted by Crippen LogP contribution is -2.61. The topological polar surface area (TPSA) is 143 Å². The monoisotopic (exact) mass is 550 g/mol. The first-order valence-electron chi connectivity index (χ1n) is 14.2. The molecule has 3 N–H and O–H groups in total. The number of nitrogens with one attached hydrogen (secondary N) is 1. The SMILES string of the molecule is C[C@]12C=CC(=O)C=C1CC[C@@H]1[C@H]2[C@@H](O)C[C@@]2(C)[C@H]1CC[C@]2(O)C(=O)COC(=O)CCC(=O)NCc1ccncc1. The normalized spacial score (nSPS) is 36.1. The number of rotatable bonds is 8. The number of aromatic nitrogens is 1. The molecule has 3 fully saturated rings. The third-order valence-corrected chi connectivity index (χ3v) is 10.3. The molecule has 7 atom stereocenters. The van der Waals surface area contributed by atoms with Crippen molar-refractivity contribution in [3.63, 3.8) is 0 Å². The molecular formula is C31H38N2O7. The molecule has 1 aromatic heterocycles. The van der Waals surface area contributed by atoms with E-state index < -0.39 is 40.9 Å². The lowest BCUT2D eigenvalue weighted by molar-refractivity contribution is -0.181. The molecule has 3 saturated carbocycles. The van der Waals surface area contributed by atoms with Gasteiger partial charge in [0.25, 0.3) is 0 Å². The van der Waals surface area contributed by atoms with E-state index in [2.05, 4.69) is 17.2 Å². The minimum atomic E-state index is -1.72. The van der Waals surface area contributed by atoms with Gasteiger partial charge in [0.2, 0.25) is 11.7 Å². The minimum Gasteiger partial charge on any atom is -0.458 e. The maximum atomic E-state index is 13.4. The van der Waals surface area contributed by atoms with Gasteiger partial charge in [-0.1, -0.05) is 25.5 Å². The van der Waals surface area contributed by atoms with E-state index >= 15 is 0 Å². The molecule has 1 amide bonds. The zero-order valence-electron chi connectivity index (χ0n) is 23.1. The van der Waals surface area contributed by atoms with Crippen LogP contribution in [0.1, 0.15) is 64.4 Å². The first-order valence-corrected chi connectivity index (χ1v) is 14.2. The number of Topliss-reactive ketones (excluding diaryl/α,β-unsaturated/α-hetero) is 1. The van der Waals surface area contributed by atoms with Gasteiger partial charge < -0.3 is 20.3 Å². The largest absolute Gasteiger partial charge is 0.458 e. The van der Waals surface area contributed by atoms with Gasteiger partial charge in [0.05, 0.1) is 12.5 Å². The van der Waals surface area contributed by atoms with Gasteiger partial charge in [0, 0.05) is 42.1 Å². The maximum absolute atomic E-state index is 13.4. The first kappa shape index (κ1) is 28.4. The van der Waals surface area contributed by atoms with Crippen molar-refractivity contribution in [3.8, 4) is 0 Å². The molecule has 0 unspecified atom stereocenters. The number of aliphatic hydroxyl groups is 2. The van der Waals surface area contributed by atoms with E-state index in [9.17, 15) is 29.4 Å². The molecule has 9 heteroatoms. The molecule has 1 heterocycles. The van der Waals surface area contributed by atoms with Gasteiger partial charge >= 0.3 is 5.97 Å². The van der Waals surface area contributed by atoms with Crippen LogP contribution in [0.3, 0.4) is 0 Å². The molecule has 0 spiro atoms. The quantitative estimate of drug-likeness (QED) is 0.419. The van der Waals surface area contributed by atoms with Crippen LogP contribution in [0.15, 0.2) is 48.3 Å². The third kappa shape index (κ3) is 4.83. The van der Waals surface area contributed by atoms with Crippen LogP contribution < -0.4 is 5.32 Å². The van der Waals surface area contributed by atoms with Gasteiger partial charge in [-0.25, -0.2) is 0 Å². The van der Waals surface area contributed by atoms with Crippen LogP contribution in [0.2, 0.25) is 0 Å². The van der Waals surface area contributed by atoms with Crippen molar-refractivity contribution in [2.24, 2.45) is 28.6 Å². The van der Waals surface area contributed by atoms with Gasteiger partial charge in [0.1, 0.15) is 5.60 Å². The summed E-state index contributed by atoms with van der Waals surface area (Å²) in [4.78, 5) is 53.7. The Morgan fingerprint density at radius 2 is 1.90 bits per heavy atom. The van der Waals surface area contributed by atoms with E-state index in [-0.39, 0.29) is 55.1 Å². The number of esters is 1. The van der Waals surface area contributed by atoms with E-state index in [1.807, 2.05) is 13.0 Å². The second kappa shape index (κ2) is 10.7. The van der Waals surface area contributed by atoms with Gasteiger partial charge in [-0.2, -0.15) is 0 Å². The summed E-state index contributed by atoms with van der Waals surface area (Å²) in [5.74, 6) is -1.59. The fourth-order valence-corrected chi connectivity index (χ4v) is 8.13. The fraction of sp³-hybridized carbons (Fsp3) is 0.581. The van der Waals surface area contributed by atoms with Crippen molar-refractivity contribution >= 4 is 23.4 Å². The Balaban J connectivity index is 1.18. The van der Waals surface area contributed by atoms with Crippen LogP contribution in [-0.2, 0) is 30.5 Å². The van der Waals surface area contributed by atoms with Gasteiger partial charge in [0.15, 0.2) is 12.4 Å². The van der Waals surface area contributed by atoms with Crippen molar-refractivity contribution in [1.29, 1.82) is 0 Å². The number of amides is 1. The summed E-state index contributed by atoms with van der Waals surface area (Å²) in [5.41, 5.74) is -1.08. The molecule has 9 nitrogen and oxygen atoms in total. The second-order valence-electron chi connectivity index (χ2n) is 12.3. The summed E-state index contributed by atoms with van der Waals surface area (Å²) in [6, 6.07) is 3.56. The van der Waals surface area contributed by atoms with Crippen LogP contribution in [-0.4, -0.2) is 57.0 Å². The summed E-state index contributed by atoms with van der Waals surface area (Å²) in [7, 11) is 0. The summed E-state index contributed by atoms with van der Waals surface area (Å²) < 4.78 is 5.20. The number of hydrogen-bond acceptors (Lipinski definition) is 8. The molecule has 4 aliphatic rings. The summed E-state index contributed by atoms with van der Waals surface area (Å²) in [6.45, 7) is 3.71. The Morgan fingerprint density at radius 1 is 1.15 bits per heavy atom. The number of ether oxygens (including phenoxy) is 1. The molecule has 0 radical (unpaired) electrons. The molecule has 40 heavy (non-hydrogen) atoms. The molecule has 5 rings (SSSR count). The van der Waals surface area contributed by atoms with Crippen LogP contribution in [0.5, 0.6) is 0 Å². The summed E-state index contributed by atoms with van der Waals surface area (Å²) in [5, 5.41) is 26.0. The van der Waals surface area contributed by atoms with Crippen LogP contribution in [0, 0.1) is 28.6 Å². The Hall–Kier alpha value is -3.17. The number of carbonyl (C=O) groups is 4. The van der Waals surface area contributed by atoms with Crippen LogP contribution in [0.25, 0.3) is 0 Å². The Bertz CT molecular complexity index is 1260. The standard InChI is InChI=1S/C31H38N2O7/c1-29-11-7-21(34)15-20(29)3-4-22-23-8-12-31(39,30(23,2)16-24(35)28(22)29)25(36)18-40-27(38)6-5-26(37)33-17-19-9-13-32-14-10-19/h7,9-11,13-15,22-24,28,35,39H,3-6,8,12,16-18H2,1-2H3,(H,33,37)/t22-,23-,24-,28-,29-,30-,31-/m0/s1. The fourth-order valence-electron chi connectivity index (χ4n) is 8.13. The smallest absolute Gasteiger partial charge is 0.306 e. The zero-order chi connectivity index (χ0) is 28.7. The molecule has 4 aliphatic carbocycles. The number of hydrogen-bond donors (Lipinski definition) is 3. The van der Waals surface area contributed by atoms with Crippen molar-refractivity contribution < 1.29 is 34.1 Å². The van der Waals surface area contributed by atoms with Gasteiger partial charge in [-0.05, 0) is 73.8 Å². The number of aliphatic hydroxyl groups excluding tert-OH is 1. The van der Waals surface area contributed by atoms with Crippen molar-refractivity contribution in [2.75, 3.05) is 6.61 Å². The van der Waals surface area contributed by atoms with Crippen molar-refractivity contribution in [1.82, 2.24) is 10.3 Å². The average Bonchev–Trinajstić information content (AvgIpc) is 3.20. The number of fused-ring (bicyclic) bond motifs is 5. The van der Waals surface area contributed by atoms with Crippen LogP contribution in [0.4, 0.5) is 0 Å². The molecule has 0 aromatic carbocycles. The van der Waals surface area contributed by atoms with E-state index in [0.29, 0.717) is 13.0 Å². The molecule has 0 aliphatic heterocycles. The van der Waals surface area contributed by atoms with Crippen LogP contribution >= 0.6 is 0 Å². The number of carbonyl (C=O) groups excluding carboxylic acids is 4. The van der Waals surface area contributed by atoms with Crippen molar-refractivity contribution in [2.45, 2.75) is 77.0 Å². The Labute approximate surface area is 234 Å². The van der Waals surface area contributed by atoms with Gasteiger partial charge in [-0.3, -0.25) is 24.2 Å². The zero-order valence-corrected chi connectivity index (χ0v) is 23.1. The molecule has 214 valence electrons. The minimum absolute atomic E-state index is 0.0130. The molecule has 1 aromatic rings. The lowest BCUT2D eigenvalue weighted by Gasteiger charge is -2.59. The lowest BCUT2D eigenvalue weighted by atomic mass is 9.46. The second-order valence-corrected chi connectivity index (χ2v) is 12.3. The molecule has 0 saturated heterocycles. The Morgan fingerprint density at radius 3 is 2.65 bits per heavy atom. The highest BCUT2D eigenvalue weighted by molar-refractivity contribution is 6.01. The van der Waals surface area contributed by atoms with E-state index in [1.54, 1.807) is 36.7 Å². The highest BCUT2D eigenvalue weighted by Gasteiger charge is 2.68. The number of nitrogens with zero attached hydrogens (tertiary/aromatic N) is 1. The van der Waals surface area contributed by atoms with Crippen molar-refractivity contribution in [3.05, 3.63) is 53.9 Å². The molecule has 0 bridgehead atoms. The van der Waals surface area contributed by atoms with E-state index in [4.69, 9.17) is 4.74 Å². The summed E-state index contributed by atoms with van der Waals surface area (Å²) in [6.07, 6.45) is 10.1. The predicted molar refractivity (Wildman–Crippen MR) is 144 cm³/mol. The maximum Gasteiger partial charge on any atom is 0.306 e. The molecular weight excluding hydrogens is 512 g/mol.